The maximum absolute atomic E-state index is 12.3. The van der Waals surface area contributed by atoms with Gasteiger partial charge in [-0.1, -0.05) is 0 Å². The molecule has 0 spiro atoms. The van der Waals surface area contributed by atoms with Crippen molar-refractivity contribution in [2.75, 3.05) is 37.3 Å². The van der Waals surface area contributed by atoms with E-state index in [0.717, 1.165) is 4.57 Å². The third kappa shape index (κ3) is 2.75. The van der Waals surface area contributed by atoms with Crippen LogP contribution in [0.4, 0.5) is 5.69 Å². The van der Waals surface area contributed by atoms with Crippen molar-refractivity contribution in [3.8, 4) is 0 Å². The molecule has 0 saturated carbocycles. The summed E-state index contributed by atoms with van der Waals surface area (Å²) in [6.45, 7) is 3.26. The predicted molar refractivity (Wildman–Crippen MR) is 80.3 cm³/mol. The van der Waals surface area contributed by atoms with Gasteiger partial charge in [-0.05, 0) is 6.92 Å². The first kappa shape index (κ1) is 15.8. The van der Waals surface area contributed by atoms with Crippen LogP contribution in [0.25, 0.3) is 0 Å². The molecule has 1 fully saturated rings. The van der Waals surface area contributed by atoms with Crippen molar-refractivity contribution in [2.45, 2.75) is 6.92 Å². The van der Waals surface area contributed by atoms with Crippen molar-refractivity contribution in [1.82, 2.24) is 13.4 Å². The highest BCUT2D eigenvalue weighted by molar-refractivity contribution is 7.88. The average Bonchev–Trinajstić information content (AvgIpc) is 2.43. The molecule has 9 heteroatoms. The van der Waals surface area contributed by atoms with Crippen molar-refractivity contribution in [3.05, 3.63) is 26.5 Å². The molecule has 2 rings (SSSR count). The molecule has 0 N–H and O–H groups in total. The highest BCUT2D eigenvalue weighted by atomic mass is 32.2. The second-order valence-electron chi connectivity index (χ2n) is 5.29. The highest BCUT2D eigenvalue weighted by Crippen LogP contribution is 2.16. The van der Waals surface area contributed by atoms with Gasteiger partial charge in [-0.2, -0.15) is 4.31 Å². The monoisotopic (exact) mass is 316 g/mol. The number of nitrogens with zero attached hydrogens (tertiary/aromatic N) is 4. The Bertz CT molecular complexity index is 770. The van der Waals surface area contributed by atoms with E-state index in [4.69, 9.17) is 0 Å². The van der Waals surface area contributed by atoms with Crippen LogP contribution in [0.2, 0.25) is 0 Å². The molecule has 0 unspecified atom stereocenters. The van der Waals surface area contributed by atoms with Gasteiger partial charge in [0.25, 0.3) is 5.56 Å². The Labute approximate surface area is 123 Å². The topological polar surface area (TPSA) is 84.6 Å². The van der Waals surface area contributed by atoms with Gasteiger partial charge in [0.1, 0.15) is 5.69 Å². The van der Waals surface area contributed by atoms with E-state index in [0.29, 0.717) is 37.6 Å². The van der Waals surface area contributed by atoms with E-state index in [2.05, 4.69) is 0 Å². The molecule has 0 bridgehead atoms. The molecule has 0 atom stereocenters. The lowest BCUT2D eigenvalue weighted by atomic mass is 10.2. The molecule has 118 valence electrons. The lowest BCUT2D eigenvalue weighted by Crippen LogP contribution is -2.51. The lowest BCUT2D eigenvalue weighted by Gasteiger charge is -2.35. The van der Waals surface area contributed by atoms with Crippen LogP contribution in [0, 0.1) is 6.92 Å². The van der Waals surface area contributed by atoms with E-state index in [-0.39, 0.29) is 11.2 Å². The van der Waals surface area contributed by atoms with Gasteiger partial charge >= 0.3 is 5.69 Å². The molecule has 1 aliphatic rings. The van der Waals surface area contributed by atoms with Gasteiger partial charge in [0.05, 0.1) is 6.26 Å². The van der Waals surface area contributed by atoms with E-state index in [1.807, 2.05) is 4.90 Å². The predicted octanol–water partition coefficient (Wildman–Crippen LogP) is -1.53. The molecule has 21 heavy (non-hydrogen) atoms. The van der Waals surface area contributed by atoms with Crippen LogP contribution in [0.3, 0.4) is 0 Å². The van der Waals surface area contributed by atoms with Crippen molar-refractivity contribution >= 4 is 15.7 Å². The fourth-order valence-electron chi connectivity index (χ4n) is 2.54. The maximum Gasteiger partial charge on any atom is 0.330 e. The number of piperazine rings is 1. The molecule has 8 nitrogen and oxygen atoms in total. The van der Waals surface area contributed by atoms with Gasteiger partial charge in [-0.15, -0.1) is 0 Å². The molecular weight excluding hydrogens is 296 g/mol. The quantitative estimate of drug-likeness (QED) is 0.661. The van der Waals surface area contributed by atoms with Crippen molar-refractivity contribution in [3.63, 3.8) is 0 Å². The summed E-state index contributed by atoms with van der Waals surface area (Å²) in [5.74, 6) is 0. The van der Waals surface area contributed by atoms with Gasteiger partial charge in [0.2, 0.25) is 10.0 Å². The fourth-order valence-corrected chi connectivity index (χ4v) is 3.36. The minimum absolute atomic E-state index is 0.338. The molecule has 0 amide bonds. The lowest BCUT2D eigenvalue weighted by molar-refractivity contribution is 0.386. The van der Waals surface area contributed by atoms with Crippen LogP contribution in [0.1, 0.15) is 5.69 Å². The van der Waals surface area contributed by atoms with Gasteiger partial charge in [-0.25, -0.2) is 13.2 Å². The highest BCUT2D eigenvalue weighted by Gasteiger charge is 2.26. The molecule has 1 saturated heterocycles. The number of hydrogen-bond donors (Lipinski definition) is 0. The van der Waals surface area contributed by atoms with Gasteiger partial charge in [0, 0.05) is 46.0 Å². The van der Waals surface area contributed by atoms with Crippen LogP contribution in [0.15, 0.2) is 9.59 Å². The van der Waals surface area contributed by atoms with Gasteiger partial charge in [-0.3, -0.25) is 13.9 Å². The van der Waals surface area contributed by atoms with Crippen LogP contribution < -0.4 is 16.1 Å². The average molecular weight is 316 g/mol. The third-order valence-corrected chi connectivity index (χ3v) is 5.25. The Hall–Kier alpha value is -1.61. The van der Waals surface area contributed by atoms with E-state index in [1.165, 1.54) is 22.2 Å². The Balaban J connectivity index is 2.38. The molecule has 0 aliphatic carbocycles. The van der Waals surface area contributed by atoms with Crippen molar-refractivity contribution in [2.24, 2.45) is 14.1 Å². The summed E-state index contributed by atoms with van der Waals surface area (Å²) in [6.07, 6.45) is 1.18. The first-order valence-corrected chi connectivity index (χ1v) is 8.46. The summed E-state index contributed by atoms with van der Waals surface area (Å²) in [5.41, 5.74) is 0.350. The Morgan fingerprint density at radius 3 is 1.95 bits per heavy atom. The summed E-state index contributed by atoms with van der Waals surface area (Å²) in [4.78, 5) is 26.0. The molecule has 0 radical (unpaired) electrons. The SMILES string of the molecule is Cc1c(N2CCN(S(C)(=O)=O)CC2)c(=O)n(C)c(=O)n1C. The third-order valence-electron chi connectivity index (χ3n) is 3.95. The van der Waals surface area contributed by atoms with Gasteiger partial charge < -0.3 is 4.90 Å². The zero-order valence-corrected chi connectivity index (χ0v) is 13.5. The minimum atomic E-state index is -3.21. The first-order chi connectivity index (χ1) is 9.64. The van der Waals surface area contributed by atoms with E-state index < -0.39 is 10.0 Å². The normalized spacial score (nSPS) is 17.2. The second kappa shape index (κ2) is 5.30. The Morgan fingerprint density at radius 2 is 1.48 bits per heavy atom. The molecule has 1 aromatic rings. The zero-order chi connectivity index (χ0) is 15.9. The maximum atomic E-state index is 12.3. The van der Waals surface area contributed by atoms with Crippen molar-refractivity contribution < 1.29 is 8.42 Å². The van der Waals surface area contributed by atoms with E-state index >= 15 is 0 Å². The van der Waals surface area contributed by atoms with E-state index in [9.17, 15) is 18.0 Å². The number of rotatable bonds is 2. The number of aromatic nitrogens is 2. The number of hydrogen-bond acceptors (Lipinski definition) is 5. The summed E-state index contributed by atoms with van der Waals surface area (Å²) in [5, 5.41) is 0. The Kier molecular flexibility index (Phi) is 3.98. The number of sulfonamides is 1. The van der Waals surface area contributed by atoms with Crippen LogP contribution in [-0.4, -0.2) is 54.3 Å². The smallest absolute Gasteiger partial charge is 0.330 e. The van der Waals surface area contributed by atoms with Crippen LogP contribution in [0.5, 0.6) is 0 Å². The standard InChI is InChI=1S/C12H20N4O4S/c1-9-10(11(17)14(3)12(18)13(9)2)15-5-7-16(8-6-15)21(4,19)20/h5-8H2,1-4H3. The first-order valence-electron chi connectivity index (χ1n) is 6.61. The molecule has 1 aliphatic heterocycles. The minimum Gasteiger partial charge on any atom is -0.363 e. The van der Waals surface area contributed by atoms with Crippen molar-refractivity contribution in [1.29, 1.82) is 0 Å². The zero-order valence-electron chi connectivity index (χ0n) is 12.7. The summed E-state index contributed by atoms with van der Waals surface area (Å²) in [6, 6.07) is 0. The van der Waals surface area contributed by atoms with Crippen LogP contribution >= 0.6 is 0 Å². The summed E-state index contributed by atoms with van der Waals surface area (Å²) < 4.78 is 26.9. The molecular formula is C12H20N4O4S. The van der Waals surface area contributed by atoms with Gasteiger partial charge in [0.15, 0.2) is 0 Å². The number of anilines is 1. The molecule has 1 aromatic heterocycles. The molecule has 2 heterocycles. The summed E-state index contributed by atoms with van der Waals surface area (Å²) >= 11 is 0. The Morgan fingerprint density at radius 1 is 0.952 bits per heavy atom. The largest absolute Gasteiger partial charge is 0.363 e. The molecule has 0 aromatic carbocycles. The summed E-state index contributed by atoms with van der Waals surface area (Å²) in [7, 11) is -0.143. The second-order valence-corrected chi connectivity index (χ2v) is 7.27. The van der Waals surface area contributed by atoms with E-state index in [1.54, 1.807) is 14.0 Å². The van der Waals surface area contributed by atoms with Crippen LogP contribution in [-0.2, 0) is 24.1 Å². The fraction of sp³-hybridized carbons (Fsp3) is 0.667.